The van der Waals surface area contributed by atoms with Crippen molar-refractivity contribution in [2.24, 2.45) is 11.8 Å². The number of nitrogens with two attached hydrogens (primary N) is 1. The Balaban J connectivity index is 1.52. The number of nitrogen functional groups attached to an aromatic ring is 1. The summed E-state index contributed by atoms with van der Waals surface area (Å²) >= 11 is 0. The second kappa shape index (κ2) is 9.41. The van der Waals surface area contributed by atoms with E-state index in [1.165, 1.54) is 5.56 Å². The van der Waals surface area contributed by atoms with Gasteiger partial charge < -0.3 is 16.2 Å². The van der Waals surface area contributed by atoms with E-state index in [-0.39, 0.29) is 29.1 Å². The predicted molar refractivity (Wildman–Crippen MR) is 132 cm³/mol. The van der Waals surface area contributed by atoms with Crippen LogP contribution in [0.2, 0.25) is 0 Å². The average Bonchev–Trinajstić information content (AvgIpc) is 2.84. The Morgan fingerprint density at radius 2 is 1.53 bits per heavy atom. The number of carbonyl (C=O) groups is 2. The van der Waals surface area contributed by atoms with E-state index < -0.39 is 5.97 Å². The molecule has 2 saturated heterocycles. The Bertz CT molecular complexity index is 1180. The van der Waals surface area contributed by atoms with Crippen molar-refractivity contribution in [3.05, 3.63) is 101 Å². The van der Waals surface area contributed by atoms with E-state index >= 15 is 0 Å². The molecule has 34 heavy (non-hydrogen) atoms. The standard InChI is InChI=1S/C28H29N3O3/c29-22-11-9-19(10-12-22)27(32)23-7-4-8-24(28(33)34)26(23)25-20-13-30-14-21(25)17-31(16-20)15-18-5-2-1-3-6-18/h1-12,20-21,25,30H,13-17,29H2,(H,33,34). The van der Waals surface area contributed by atoms with Crippen LogP contribution in [0.1, 0.15) is 43.3 Å². The highest BCUT2D eigenvalue weighted by Gasteiger charge is 2.43. The summed E-state index contributed by atoms with van der Waals surface area (Å²) in [7, 11) is 0. The van der Waals surface area contributed by atoms with Crippen LogP contribution in [0.4, 0.5) is 5.69 Å². The van der Waals surface area contributed by atoms with Crippen LogP contribution in [0.5, 0.6) is 0 Å². The zero-order valence-corrected chi connectivity index (χ0v) is 19.0. The van der Waals surface area contributed by atoms with Gasteiger partial charge in [-0.25, -0.2) is 4.79 Å². The van der Waals surface area contributed by atoms with Crippen LogP contribution >= 0.6 is 0 Å². The van der Waals surface area contributed by atoms with Gasteiger partial charge in [0.2, 0.25) is 0 Å². The Kier molecular flexibility index (Phi) is 6.18. The second-order valence-electron chi connectivity index (χ2n) is 9.41. The van der Waals surface area contributed by atoms with Gasteiger partial charge in [0, 0.05) is 36.4 Å². The van der Waals surface area contributed by atoms with E-state index in [0.29, 0.717) is 22.4 Å². The number of carboxylic acids is 1. The largest absolute Gasteiger partial charge is 0.478 e. The number of hydrogen-bond donors (Lipinski definition) is 3. The molecule has 0 amide bonds. The van der Waals surface area contributed by atoms with Crippen molar-refractivity contribution < 1.29 is 14.7 Å². The number of nitrogens with zero attached hydrogens (tertiary/aromatic N) is 1. The topological polar surface area (TPSA) is 95.7 Å². The number of aromatic carboxylic acids is 1. The van der Waals surface area contributed by atoms with Gasteiger partial charge in [-0.15, -0.1) is 0 Å². The number of rotatable bonds is 6. The molecule has 2 aliphatic heterocycles. The predicted octanol–water partition coefficient (Wildman–Crippen LogP) is 3.63. The molecule has 3 aromatic carbocycles. The Morgan fingerprint density at radius 3 is 2.18 bits per heavy atom. The Morgan fingerprint density at radius 1 is 0.882 bits per heavy atom. The van der Waals surface area contributed by atoms with Gasteiger partial charge in [0.05, 0.1) is 5.56 Å². The molecule has 6 nitrogen and oxygen atoms in total. The number of carbonyl (C=O) groups excluding carboxylic acids is 1. The first kappa shape index (κ1) is 22.3. The van der Waals surface area contributed by atoms with Crippen LogP contribution in [-0.4, -0.2) is 47.9 Å². The molecule has 6 heteroatoms. The Labute approximate surface area is 199 Å². The fourth-order valence-electron chi connectivity index (χ4n) is 5.73. The summed E-state index contributed by atoms with van der Waals surface area (Å²) in [4.78, 5) is 28.3. The van der Waals surface area contributed by atoms with Gasteiger partial charge in [0.1, 0.15) is 0 Å². The molecule has 2 unspecified atom stereocenters. The third kappa shape index (κ3) is 4.34. The van der Waals surface area contributed by atoms with E-state index in [1.807, 2.05) is 6.07 Å². The molecule has 0 radical (unpaired) electrons. The van der Waals surface area contributed by atoms with Crippen LogP contribution in [0.25, 0.3) is 0 Å². The van der Waals surface area contributed by atoms with Crippen LogP contribution in [0.3, 0.4) is 0 Å². The monoisotopic (exact) mass is 455 g/mol. The quantitative estimate of drug-likeness (QED) is 0.388. The molecule has 174 valence electrons. The zero-order valence-electron chi connectivity index (χ0n) is 19.0. The first-order chi connectivity index (χ1) is 16.5. The van der Waals surface area contributed by atoms with Crippen molar-refractivity contribution >= 4 is 17.4 Å². The molecule has 0 aromatic heterocycles. The van der Waals surface area contributed by atoms with Crippen molar-refractivity contribution in [3.8, 4) is 0 Å². The van der Waals surface area contributed by atoms with Gasteiger partial charge in [-0.1, -0.05) is 42.5 Å². The molecule has 2 fully saturated rings. The fraction of sp³-hybridized carbons (Fsp3) is 0.286. The molecule has 0 saturated carbocycles. The van der Waals surface area contributed by atoms with Gasteiger partial charge >= 0.3 is 5.97 Å². The molecule has 4 N–H and O–H groups in total. The summed E-state index contributed by atoms with van der Waals surface area (Å²) in [5, 5.41) is 13.6. The van der Waals surface area contributed by atoms with Crippen molar-refractivity contribution in [2.75, 3.05) is 31.9 Å². The van der Waals surface area contributed by atoms with Gasteiger partial charge in [-0.05, 0) is 72.3 Å². The van der Waals surface area contributed by atoms with Crippen molar-refractivity contribution in [2.45, 2.75) is 12.5 Å². The highest BCUT2D eigenvalue weighted by atomic mass is 16.4. The summed E-state index contributed by atoms with van der Waals surface area (Å²) < 4.78 is 0. The first-order valence-electron chi connectivity index (χ1n) is 11.7. The summed E-state index contributed by atoms with van der Waals surface area (Å²) in [5.41, 5.74) is 9.60. The number of likely N-dealkylation sites (tertiary alicyclic amines) is 1. The van der Waals surface area contributed by atoms with E-state index in [4.69, 9.17) is 5.73 Å². The van der Waals surface area contributed by atoms with Gasteiger partial charge in [0.15, 0.2) is 5.78 Å². The smallest absolute Gasteiger partial charge is 0.335 e. The molecule has 2 heterocycles. The van der Waals surface area contributed by atoms with E-state index in [2.05, 4.69) is 34.5 Å². The molecule has 0 aliphatic carbocycles. The van der Waals surface area contributed by atoms with E-state index in [0.717, 1.165) is 32.7 Å². The molecule has 2 atom stereocenters. The molecular formula is C28H29N3O3. The van der Waals surface area contributed by atoms with Crippen LogP contribution in [0, 0.1) is 11.8 Å². The number of carboxylic acid groups (broad SMARTS) is 1. The zero-order chi connectivity index (χ0) is 23.7. The molecule has 3 aromatic rings. The minimum absolute atomic E-state index is 0.00769. The van der Waals surface area contributed by atoms with Gasteiger partial charge in [0.25, 0.3) is 0 Å². The number of fused-ring (bicyclic) bond motifs is 2. The SMILES string of the molecule is Nc1ccc(C(=O)c2cccc(C(=O)O)c2C2C3CNCC2CN(Cc2ccccc2)C3)cc1. The minimum atomic E-state index is -0.986. The molecule has 0 spiro atoms. The van der Waals surface area contributed by atoms with Crippen molar-refractivity contribution in [1.82, 2.24) is 10.2 Å². The van der Waals surface area contributed by atoms with Gasteiger partial charge in [-0.3, -0.25) is 9.69 Å². The number of nitrogens with one attached hydrogen (secondary N) is 1. The van der Waals surface area contributed by atoms with E-state index in [9.17, 15) is 14.7 Å². The lowest BCUT2D eigenvalue weighted by molar-refractivity contribution is 0.0625. The molecule has 2 bridgehead atoms. The summed E-state index contributed by atoms with van der Waals surface area (Å²) in [5.74, 6) is -0.701. The number of piperidine rings is 2. The molecule has 5 rings (SSSR count). The third-order valence-electron chi connectivity index (χ3n) is 7.15. The lowest BCUT2D eigenvalue weighted by Crippen LogP contribution is -2.55. The number of anilines is 1. The minimum Gasteiger partial charge on any atom is -0.478 e. The van der Waals surface area contributed by atoms with Crippen molar-refractivity contribution in [3.63, 3.8) is 0 Å². The summed E-state index contributed by atoms with van der Waals surface area (Å²) in [6.07, 6.45) is 0. The van der Waals surface area contributed by atoms with Crippen LogP contribution in [-0.2, 0) is 6.54 Å². The maximum Gasteiger partial charge on any atom is 0.335 e. The van der Waals surface area contributed by atoms with Gasteiger partial charge in [-0.2, -0.15) is 0 Å². The maximum absolute atomic E-state index is 13.6. The normalized spacial score (nSPS) is 22.3. The van der Waals surface area contributed by atoms with E-state index in [1.54, 1.807) is 42.5 Å². The molecular weight excluding hydrogens is 426 g/mol. The lowest BCUT2D eigenvalue weighted by atomic mass is 9.68. The van der Waals surface area contributed by atoms with Crippen LogP contribution < -0.4 is 11.1 Å². The highest BCUT2D eigenvalue weighted by Crippen LogP contribution is 2.43. The maximum atomic E-state index is 13.6. The first-order valence-corrected chi connectivity index (χ1v) is 11.7. The third-order valence-corrected chi connectivity index (χ3v) is 7.15. The average molecular weight is 456 g/mol. The summed E-state index contributed by atoms with van der Waals surface area (Å²) in [6.45, 7) is 4.18. The van der Waals surface area contributed by atoms with Crippen LogP contribution in [0.15, 0.2) is 72.8 Å². The lowest BCUT2D eigenvalue weighted by Gasteiger charge is -2.48. The fourth-order valence-corrected chi connectivity index (χ4v) is 5.73. The highest BCUT2D eigenvalue weighted by molar-refractivity contribution is 6.11. The van der Waals surface area contributed by atoms with Crippen molar-refractivity contribution in [1.29, 1.82) is 0 Å². The summed E-state index contributed by atoms with van der Waals surface area (Å²) in [6, 6.07) is 22.3. The Hall–Kier alpha value is -3.48. The number of ketones is 1. The number of hydrogen-bond acceptors (Lipinski definition) is 5. The number of benzene rings is 3. The second-order valence-corrected chi connectivity index (χ2v) is 9.41. The molecule has 2 aliphatic rings.